The number of piperidine rings is 1. The molecule has 0 aliphatic carbocycles. The highest BCUT2D eigenvalue weighted by Gasteiger charge is 2.25. The molecule has 2 aliphatic rings. The van der Waals surface area contributed by atoms with Gasteiger partial charge in [-0.3, -0.25) is 19.9 Å². The molecule has 1 aromatic carbocycles. The average Bonchev–Trinajstić information content (AvgIpc) is 3.51. The number of hydrogen-bond donors (Lipinski definition) is 2. The second kappa shape index (κ2) is 11.0. The van der Waals surface area contributed by atoms with Crippen LogP contribution in [0, 0.1) is 5.92 Å². The minimum atomic E-state index is -0.378. The molecule has 38 heavy (non-hydrogen) atoms. The van der Waals surface area contributed by atoms with E-state index in [4.69, 9.17) is 0 Å². The first-order valence-electron chi connectivity index (χ1n) is 12.6. The molecule has 2 amide bonds. The van der Waals surface area contributed by atoms with Gasteiger partial charge in [-0.15, -0.1) is 11.3 Å². The summed E-state index contributed by atoms with van der Waals surface area (Å²) in [5.41, 5.74) is 4.07. The van der Waals surface area contributed by atoms with Crippen molar-refractivity contribution in [1.29, 1.82) is 0 Å². The number of rotatable bonds is 7. The zero-order chi connectivity index (χ0) is 25.9. The number of imide groups is 1. The summed E-state index contributed by atoms with van der Waals surface area (Å²) in [5, 5.41) is 9.00. The van der Waals surface area contributed by atoms with Gasteiger partial charge in [0.2, 0.25) is 5.95 Å². The second-order valence-electron chi connectivity index (χ2n) is 9.39. The van der Waals surface area contributed by atoms with E-state index >= 15 is 0 Å². The van der Waals surface area contributed by atoms with Crippen molar-refractivity contribution in [2.75, 3.05) is 24.5 Å². The number of thiophene rings is 1. The average molecular weight is 543 g/mol. The Morgan fingerprint density at radius 1 is 1.08 bits per heavy atom. The molecular formula is C28H26N6O2S2. The van der Waals surface area contributed by atoms with Gasteiger partial charge < -0.3 is 10.2 Å². The maximum Gasteiger partial charge on any atom is 0.290 e. The van der Waals surface area contributed by atoms with Crippen molar-refractivity contribution in [3.63, 3.8) is 0 Å². The molecule has 2 fully saturated rings. The van der Waals surface area contributed by atoms with Crippen molar-refractivity contribution in [2.45, 2.75) is 19.4 Å². The van der Waals surface area contributed by atoms with Gasteiger partial charge in [-0.1, -0.05) is 18.2 Å². The van der Waals surface area contributed by atoms with Crippen LogP contribution < -0.4 is 15.5 Å². The minimum Gasteiger partial charge on any atom is -0.341 e. The molecule has 5 heterocycles. The maximum atomic E-state index is 11.8. The number of aromatic nitrogens is 3. The van der Waals surface area contributed by atoms with Gasteiger partial charge in [-0.05, 0) is 73.0 Å². The summed E-state index contributed by atoms with van der Waals surface area (Å²) in [4.78, 5) is 39.4. The maximum absolute atomic E-state index is 11.8. The molecule has 3 aromatic heterocycles. The Kier molecular flexibility index (Phi) is 7.17. The van der Waals surface area contributed by atoms with Crippen LogP contribution in [0.4, 0.5) is 10.7 Å². The fourth-order valence-corrected chi connectivity index (χ4v) is 6.44. The van der Waals surface area contributed by atoms with Crippen molar-refractivity contribution in [3.8, 4) is 11.3 Å². The molecule has 0 unspecified atom stereocenters. The van der Waals surface area contributed by atoms with Crippen LogP contribution in [0.5, 0.6) is 0 Å². The van der Waals surface area contributed by atoms with Gasteiger partial charge in [-0.2, -0.15) is 0 Å². The SMILES string of the molecule is O=C1NC(=O)/C(=C/c2ccnc(N3CCC(CNCc4ccnc(-c5csc6ccccc56)c4)CC3)n2)S1. The van der Waals surface area contributed by atoms with Crippen LogP contribution in [-0.4, -0.2) is 45.7 Å². The number of fused-ring (bicyclic) bond motifs is 1. The summed E-state index contributed by atoms with van der Waals surface area (Å²) in [6.07, 6.45) is 7.34. The smallest absolute Gasteiger partial charge is 0.290 e. The van der Waals surface area contributed by atoms with Crippen molar-refractivity contribution >= 4 is 56.4 Å². The number of nitrogens with one attached hydrogen (secondary N) is 2. The number of carbonyl (C=O) groups is 2. The lowest BCUT2D eigenvalue weighted by molar-refractivity contribution is -0.115. The number of carbonyl (C=O) groups excluding carboxylic acids is 2. The molecule has 0 bridgehead atoms. The molecule has 0 saturated carbocycles. The van der Waals surface area contributed by atoms with E-state index in [2.05, 4.69) is 72.3 Å². The van der Waals surface area contributed by atoms with Gasteiger partial charge in [-0.25, -0.2) is 9.97 Å². The standard InChI is InChI=1S/C28H26N6O2S2/c35-26-25(38-28(36)33-26)14-20-6-10-31-27(32-20)34-11-7-18(8-12-34)15-29-16-19-5-9-30-23(13-19)22-17-37-24-4-2-1-3-21(22)24/h1-6,9-10,13-14,17-18,29H,7-8,11-12,15-16H2,(H,33,35,36)/b25-14-. The summed E-state index contributed by atoms with van der Waals surface area (Å²) in [6.45, 7) is 3.53. The molecule has 2 N–H and O–H groups in total. The fraction of sp³-hybridized carbons (Fsp3) is 0.250. The van der Waals surface area contributed by atoms with E-state index in [0.29, 0.717) is 22.5 Å². The van der Waals surface area contributed by atoms with E-state index < -0.39 is 0 Å². The highest BCUT2D eigenvalue weighted by atomic mass is 32.2. The van der Waals surface area contributed by atoms with Crippen LogP contribution in [0.1, 0.15) is 24.1 Å². The molecule has 10 heteroatoms. The van der Waals surface area contributed by atoms with E-state index in [1.807, 2.05) is 6.20 Å². The molecule has 0 radical (unpaired) electrons. The zero-order valence-electron chi connectivity index (χ0n) is 20.6. The Balaban J connectivity index is 1.01. The van der Waals surface area contributed by atoms with Crippen molar-refractivity contribution < 1.29 is 9.59 Å². The molecule has 8 nitrogen and oxygen atoms in total. The Bertz CT molecular complexity index is 1530. The van der Waals surface area contributed by atoms with E-state index in [-0.39, 0.29) is 11.1 Å². The highest BCUT2D eigenvalue weighted by Crippen LogP contribution is 2.33. The number of benzene rings is 1. The van der Waals surface area contributed by atoms with E-state index in [9.17, 15) is 9.59 Å². The normalized spacial score (nSPS) is 17.5. The fourth-order valence-electron chi connectivity index (χ4n) is 4.82. The summed E-state index contributed by atoms with van der Waals surface area (Å²) >= 11 is 2.65. The van der Waals surface area contributed by atoms with Gasteiger partial charge in [0.15, 0.2) is 0 Å². The molecule has 0 atom stereocenters. The lowest BCUT2D eigenvalue weighted by Gasteiger charge is -2.32. The lowest BCUT2D eigenvalue weighted by atomic mass is 9.97. The molecule has 0 spiro atoms. The van der Waals surface area contributed by atoms with E-state index in [1.54, 1.807) is 29.7 Å². The monoisotopic (exact) mass is 542 g/mol. The van der Waals surface area contributed by atoms with E-state index in [1.165, 1.54) is 21.2 Å². The second-order valence-corrected chi connectivity index (χ2v) is 11.3. The number of thioether (sulfide) groups is 1. The van der Waals surface area contributed by atoms with Gasteiger partial charge in [0.25, 0.3) is 11.1 Å². The van der Waals surface area contributed by atoms with Gasteiger partial charge >= 0.3 is 0 Å². The zero-order valence-corrected chi connectivity index (χ0v) is 22.2. The third-order valence-corrected chi connectivity index (χ3v) is 8.60. The van der Waals surface area contributed by atoms with Gasteiger partial charge in [0.1, 0.15) is 0 Å². The predicted octanol–water partition coefficient (Wildman–Crippen LogP) is 5.08. The molecule has 6 rings (SSSR count). The topological polar surface area (TPSA) is 100 Å². The predicted molar refractivity (Wildman–Crippen MR) is 153 cm³/mol. The van der Waals surface area contributed by atoms with Crippen LogP contribution in [0.3, 0.4) is 0 Å². The van der Waals surface area contributed by atoms with E-state index in [0.717, 1.165) is 56.5 Å². The van der Waals surface area contributed by atoms with Gasteiger partial charge in [0, 0.05) is 53.1 Å². The number of hydrogen-bond acceptors (Lipinski definition) is 9. The molecule has 4 aromatic rings. The first-order valence-corrected chi connectivity index (χ1v) is 14.3. The number of pyridine rings is 1. The Morgan fingerprint density at radius 2 is 1.92 bits per heavy atom. The minimum absolute atomic E-state index is 0.355. The molecule has 2 aliphatic heterocycles. The molecule has 2 saturated heterocycles. The quantitative estimate of drug-likeness (QED) is 0.312. The summed E-state index contributed by atoms with van der Waals surface area (Å²) in [5.74, 6) is 0.866. The summed E-state index contributed by atoms with van der Waals surface area (Å²) in [6, 6.07) is 14.5. The van der Waals surface area contributed by atoms with Crippen LogP contribution >= 0.6 is 23.1 Å². The third-order valence-electron chi connectivity index (χ3n) is 6.83. The Labute approximate surface area is 228 Å². The lowest BCUT2D eigenvalue weighted by Crippen LogP contribution is -2.38. The highest BCUT2D eigenvalue weighted by molar-refractivity contribution is 8.18. The first kappa shape index (κ1) is 24.7. The van der Waals surface area contributed by atoms with Crippen LogP contribution in [0.15, 0.2) is 65.1 Å². The number of amides is 2. The van der Waals surface area contributed by atoms with Crippen molar-refractivity contribution in [2.24, 2.45) is 5.92 Å². The summed E-state index contributed by atoms with van der Waals surface area (Å²) in [7, 11) is 0. The van der Waals surface area contributed by atoms with Crippen LogP contribution in [0.25, 0.3) is 27.4 Å². The largest absolute Gasteiger partial charge is 0.341 e. The number of nitrogens with zero attached hydrogens (tertiary/aromatic N) is 4. The third kappa shape index (κ3) is 5.47. The Morgan fingerprint density at radius 3 is 2.76 bits per heavy atom. The molecule has 192 valence electrons. The van der Waals surface area contributed by atoms with Crippen molar-refractivity contribution in [3.05, 3.63) is 76.4 Å². The van der Waals surface area contributed by atoms with Crippen LogP contribution in [-0.2, 0) is 11.3 Å². The van der Waals surface area contributed by atoms with Crippen LogP contribution in [0.2, 0.25) is 0 Å². The van der Waals surface area contributed by atoms with Gasteiger partial charge in [0.05, 0.1) is 16.3 Å². The molecular weight excluding hydrogens is 516 g/mol. The summed E-state index contributed by atoms with van der Waals surface area (Å²) < 4.78 is 1.28. The van der Waals surface area contributed by atoms with Crippen molar-refractivity contribution in [1.82, 2.24) is 25.6 Å². The number of anilines is 1. The first-order chi connectivity index (χ1) is 18.6. The Hall–Kier alpha value is -3.60.